The minimum Gasteiger partial charge on any atom is -0.466 e. The molecule has 0 spiro atoms. The van der Waals surface area contributed by atoms with Crippen molar-refractivity contribution in [1.82, 2.24) is 25.2 Å². The van der Waals surface area contributed by atoms with Crippen molar-refractivity contribution < 1.29 is 55.8 Å². The van der Waals surface area contributed by atoms with E-state index in [1.807, 2.05) is 0 Å². The number of sulfonamides is 1. The predicted molar refractivity (Wildman–Crippen MR) is 189 cm³/mol. The number of amides is 5. The molecule has 4 aliphatic rings. The summed E-state index contributed by atoms with van der Waals surface area (Å²) in [5.74, 6) is -4.24. The molecule has 5 atom stereocenters. The Labute approximate surface area is 312 Å². The number of carbonyl (C=O) groups is 6. The van der Waals surface area contributed by atoms with Crippen molar-refractivity contribution in [3.8, 4) is 0 Å². The van der Waals surface area contributed by atoms with Gasteiger partial charge in [0.25, 0.3) is 5.91 Å². The van der Waals surface area contributed by atoms with Crippen molar-refractivity contribution in [2.45, 2.75) is 107 Å². The van der Waals surface area contributed by atoms with Crippen LogP contribution < -0.4 is 15.4 Å². The lowest BCUT2D eigenvalue weighted by atomic mass is 10.1. The van der Waals surface area contributed by atoms with E-state index in [-0.39, 0.29) is 45.3 Å². The van der Waals surface area contributed by atoms with Gasteiger partial charge in [0.15, 0.2) is 0 Å². The number of fused-ring (bicyclic) bond motifs is 1. The Kier molecular flexibility index (Phi) is 11.7. The molecule has 54 heavy (non-hydrogen) atoms. The molecule has 1 aromatic carbocycles. The number of allylic oxidation sites excluding steroid dienone is 1. The summed E-state index contributed by atoms with van der Waals surface area (Å²) in [5.41, 5.74) is -1.63. The molecule has 18 heteroatoms. The molecule has 0 radical (unpaired) electrons. The number of likely N-dealkylation sites (tertiary alicyclic amines) is 1. The zero-order valence-electron chi connectivity index (χ0n) is 30.6. The number of halogens is 1. The second-order valence-corrected chi connectivity index (χ2v) is 16.8. The van der Waals surface area contributed by atoms with Crippen molar-refractivity contribution in [2.24, 2.45) is 5.92 Å². The average molecular weight is 776 g/mol. The van der Waals surface area contributed by atoms with Crippen LogP contribution >= 0.6 is 0 Å². The summed E-state index contributed by atoms with van der Waals surface area (Å²) < 4.78 is 57.5. The largest absolute Gasteiger partial charge is 0.466 e. The molecule has 2 aliphatic carbocycles. The molecule has 0 aromatic heterocycles. The third kappa shape index (κ3) is 9.37. The van der Waals surface area contributed by atoms with Crippen LogP contribution in [0.1, 0.15) is 70.4 Å². The average Bonchev–Trinajstić information content (AvgIpc) is 3.99. The van der Waals surface area contributed by atoms with E-state index in [2.05, 4.69) is 26.7 Å². The second kappa shape index (κ2) is 15.8. The van der Waals surface area contributed by atoms with Gasteiger partial charge in [-0.3, -0.25) is 24.0 Å². The monoisotopic (exact) mass is 775 g/mol. The van der Waals surface area contributed by atoms with Gasteiger partial charge in [0, 0.05) is 30.5 Å². The van der Waals surface area contributed by atoms with Crippen molar-refractivity contribution in [3.63, 3.8) is 0 Å². The summed E-state index contributed by atoms with van der Waals surface area (Å²) in [4.78, 5) is 82.1. The third-order valence-electron chi connectivity index (χ3n) is 9.62. The van der Waals surface area contributed by atoms with Gasteiger partial charge in [-0.1, -0.05) is 24.3 Å². The lowest BCUT2D eigenvalue weighted by Gasteiger charge is -2.30. The summed E-state index contributed by atoms with van der Waals surface area (Å²) >= 11 is 0. The first-order chi connectivity index (χ1) is 25.4. The van der Waals surface area contributed by atoms with Gasteiger partial charge in [-0.25, -0.2) is 27.2 Å². The fraction of sp³-hybridized carbons (Fsp3) is 0.556. The standard InChI is InChI=1S/C36H46FN5O11S/c1-6-22-17-36(22,32(46)40-54(49,50)24-14-15-24)39-30(44)28-16-23(52-34(48)41-18-21-10-9-11-26(37)25(21)20-41)19-42(28)31(45)27(12-7-8-13-29(43)51-5)38-33(47)53-35(2,3)4/h6,8-11,13,22-24,27-28H,1,7,12,14-20H2,2-5H3,(H,38,47)(H,39,44)(H,40,46)/t22-,23?,27+,28+,36-/m1/s1. The van der Waals surface area contributed by atoms with Crippen LogP contribution in [0.3, 0.4) is 0 Å². The van der Waals surface area contributed by atoms with Crippen molar-refractivity contribution in [3.05, 3.63) is 60.0 Å². The number of carbonyl (C=O) groups excluding carboxylic acids is 6. The molecule has 1 saturated heterocycles. The van der Waals surface area contributed by atoms with Crippen LogP contribution in [0.5, 0.6) is 0 Å². The highest BCUT2D eigenvalue weighted by Crippen LogP contribution is 2.45. The number of methoxy groups -OCH3 is 1. The first kappa shape index (κ1) is 40.2. The van der Waals surface area contributed by atoms with Crippen molar-refractivity contribution in [1.29, 1.82) is 0 Å². The Balaban J connectivity index is 1.38. The van der Waals surface area contributed by atoms with E-state index in [0.29, 0.717) is 24.0 Å². The van der Waals surface area contributed by atoms with E-state index in [4.69, 9.17) is 9.47 Å². The second-order valence-electron chi connectivity index (χ2n) is 14.9. The number of nitrogens with zero attached hydrogens (tertiary/aromatic N) is 2. The molecule has 1 unspecified atom stereocenters. The minimum absolute atomic E-state index is 0.0502. The summed E-state index contributed by atoms with van der Waals surface area (Å²) in [6.45, 7) is 8.32. The molecular formula is C36H46FN5O11S. The summed E-state index contributed by atoms with van der Waals surface area (Å²) in [5, 5.41) is 4.49. The number of nitrogens with one attached hydrogen (secondary N) is 3. The molecule has 5 amide bonds. The van der Waals surface area contributed by atoms with Crippen molar-refractivity contribution >= 4 is 45.9 Å². The van der Waals surface area contributed by atoms with E-state index in [9.17, 15) is 41.6 Å². The summed E-state index contributed by atoms with van der Waals surface area (Å²) in [6, 6.07) is 1.86. The third-order valence-corrected chi connectivity index (χ3v) is 11.4. The van der Waals surface area contributed by atoms with Gasteiger partial charge in [-0.2, -0.15) is 0 Å². The zero-order chi connectivity index (χ0) is 39.6. The van der Waals surface area contributed by atoms with Crippen LogP contribution in [-0.4, -0.2) is 102 Å². The molecular weight excluding hydrogens is 729 g/mol. The van der Waals surface area contributed by atoms with Crippen LogP contribution in [0.4, 0.5) is 14.0 Å². The highest BCUT2D eigenvalue weighted by Gasteiger charge is 2.62. The quantitative estimate of drug-likeness (QED) is 0.115. The van der Waals surface area contributed by atoms with Gasteiger partial charge in [-0.15, -0.1) is 6.58 Å². The number of rotatable bonds is 13. The number of esters is 1. The van der Waals surface area contributed by atoms with Gasteiger partial charge >= 0.3 is 18.2 Å². The zero-order valence-corrected chi connectivity index (χ0v) is 31.4. The Bertz CT molecular complexity index is 1840. The SMILES string of the molecule is C=C[C@@H]1C[C@]1(NC(=O)[C@@H]1CC(OC(=O)N2Cc3cccc(F)c3C2)CN1C(=O)[C@H](CCC=CC(=O)OC)NC(=O)OC(C)(C)C)C(=O)NS(=O)(=O)C1CC1. The first-order valence-corrected chi connectivity index (χ1v) is 19.2. The van der Waals surface area contributed by atoms with E-state index in [0.717, 1.165) is 11.0 Å². The first-order valence-electron chi connectivity index (χ1n) is 17.6. The Hall–Kier alpha value is -5.00. The van der Waals surface area contributed by atoms with Gasteiger partial charge < -0.3 is 29.7 Å². The number of alkyl carbamates (subject to hydrolysis) is 1. The molecule has 2 saturated carbocycles. The van der Waals surface area contributed by atoms with Crippen LogP contribution in [0.15, 0.2) is 43.0 Å². The van der Waals surface area contributed by atoms with E-state index in [1.165, 1.54) is 36.3 Å². The topological polar surface area (TPSA) is 207 Å². The Morgan fingerprint density at radius 1 is 1.13 bits per heavy atom. The highest BCUT2D eigenvalue weighted by atomic mass is 32.2. The number of hydrogen-bond acceptors (Lipinski definition) is 11. The fourth-order valence-electron chi connectivity index (χ4n) is 6.54. The fourth-order valence-corrected chi connectivity index (χ4v) is 7.90. The maximum absolute atomic E-state index is 14.4. The molecule has 3 fully saturated rings. The van der Waals surface area contributed by atoms with Gasteiger partial charge in [-0.05, 0) is 64.5 Å². The van der Waals surface area contributed by atoms with Crippen molar-refractivity contribution in [2.75, 3.05) is 13.7 Å². The lowest BCUT2D eigenvalue weighted by Crippen LogP contribution is -2.58. The number of ether oxygens (including phenoxy) is 3. The maximum atomic E-state index is 14.4. The minimum atomic E-state index is -3.97. The molecule has 5 rings (SSSR count). The molecule has 2 heterocycles. The van der Waals surface area contributed by atoms with Crippen LogP contribution in [0.25, 0.3) is 0 Å². The summed E-state index contributed by atoms with van der Waals surface area (Å²) in [7, 11) is -2.77. The van der Waals surface area contributed by atoms with Gasteiger partial charge in [0.1, 0.15) is 35.1 Å². The predicted octanol–water partition coefficient (Wildman–Crippen LogP) is 2.32. The molecule has 16 nitrogen and oxygen atoms in total. The maximum Gasteiger partial charge on any atom is 0.410 e. The van der Waals surface area contributed by atoms with Gasteiger partial charge in [0.2, 0.25) is 21.8 Å². The van der Waals surface area contributed by atoms with E-state index in [1.54, 1.807) is 26.8 Å². The molecule has 3 N–H and O–H groups in total. The van der Waals surface area contributed by atoms with E-state index >= 15 is 0 Å². The van der Waals surface area contributed by atoms with Crippen LogP contribution in [0.2, 0.25) is 0 Å². The molecule has 0 bridgehead atoms. The van der Waals surface area contributed by atoms with Gasteiger partial charge in [0.05, 0.1) is 25.4 Å². The summed E-state index contributed by atoms with van der Waals surface area (Å²) in [6.07, 6.45) is 1.91. The van der Waals surface area contributed by atoms with Crippen LogP contribution in [-0.2, 0) is 56.5 Å². The Morgan fingerprint density at radius 3 is 2.46 bits per heavy atom. The molecule has 2 aliphatic heterocycles. The highest BCUT2D eigenvalue weighted by molar-refractivity contribution is 7.91. The molecule has 1 aromatic rings. The van der Waals surface area contributed by atoms with E-state index < -0.39 is 92.2 Å². The number of benzene rings is 1. The van der Waals surface area contributed by atoms with Crippen LogP contribution in [0, 0.1) is 11.7 Å². The lowest BCUT2D eigenvalue weighted by molar-refractivity contribution is -0.141. The number of hydrogen-bond donors (Lipinski definition) is 3. The normalized spacial score (nSPS) is 23.9. The Morgan fingerprint density at radius 2 is 1.85 bits per heavy atom. The smallest absolute Gasteiger partial charge is 0.410 e. The molecule has 294 valence electrons.